The first kappa shape index (κ1) is 19.8. The van der Waals surface area contributed by atoms with Crippen molar-refractivity contribution in [2.45, 2.75) is 68.7 Å². The summed E-state index contributed by atoms with van der Waals surface area (Å²) in [6.45, 7) is 4.06. The summed E-state index contributed by atoms with van der Waals surface area (Å²) in [4.78, 5) is 6.44. The van der Waals surface area contributed by atoms with Gasteiger partial charge in [0.2, 0.25) is 0 Å². The van der Waals surface area contributed by atoms with Gasteiger partial charge in [-0.1, -0.05) is 13.8 Å². The van der Waals surface area contributed by atoms with E-state index in [1.54, 1.807) is 0 Å². The fourth-order valence-corrected chi connectivity index (χ4v) is 4.78. The van der Waals surface area contributed by atoms with Gasteiger partial charge in [0, 0.05) is 24.5 Å². The molecule has 28 heavy (non-hydrogen) atoms. The van der Waals surface area contributed by atoms with Crippen LogP contribution < -0.4 is 14.9 Å². The van der Waals surface area contributed by atoms with E-state index in [0.717, 1.165) is 18.7 Å². The molecule has 1 aromatic carbocycles. The van der Waals surface area contributed by atoms with Crippen molar-refractivity contribution in [1.29, 1.82) is 0 Å². The molecule has 2 N–H and O–H groups in total. The van der Waals surface area contributed by atoms with Crippen LogP contribution >= 0.6 is 11.9 Å². The zero-order chi connectivity index (χ0) is 20.1. The minimum atomic E-state index is -4.40. The molecule has 1 saturated carbocycles. The van der Waals surface area contributed by atoms with Gasteiger partial charge >= 0.3 is 6.18 Å². The number of benzene rings is 1. The van der Waals surface area contributed by atoms with Crippen molar-refractivity contribution in [3.63, 3.8) is 0 Å². The van der Waals surface area contributed by atoms with E-state index in [-0.39, 0.29) is 30.7 Å². The van der Waals surface area contributed by atoms with E-state index in [0.29, 0.717) is 22.9 Å². The summed E-state index contributed by atoms with van der Waals surface area (Å²) in [6.07, 6.45) is -1.84. The number of fused-ring (bicyclic) bond motifs is 1. The molecule has 0 radical (unpaired) electrons. The third-order valence-electron chi connectivity index (χ3n) is 5.34. The van der Waals surface area contributed by atoms with Crippen LogP contribution in [0, 0.1) is 11.7 Å². The van der Waals surface area contributed by atoms with Gasteiger partial charge < -0.3 is 14.9 Å². The van der Waals surface area contributed by atoms with Crippen molar-refractivity contribution in [3.05, 3.63) is 17.9 Å². The lowest BCUT2D eigenvalue weighted by Gasteiger charge is -2.43. The Morgan fingerprint density at radius 2 is 2.00 bits per heavy atom. The summed E-state index contributed by atoms with van der Waals surface area (Å²) >= 11 is 1.23. The number of nitrogens with zero attached hydrogens (tertiary/aromatic N) is 2. The molecule has 2 atom stereocenters. The van der Waals surface area contributed by atoms with Crippen LogP contribution in [0.5, 0.6) is 0 Å². The number of piperidine rings is 1. The molecule has 4 rings (SSSR count). The molecule has 154 valence electrons. The Morgan fingerprint density at radius 1 is 1.25 bits per heavy atom. The van der Waals surface area contributed by atoms with Crippen molar-refractivity contribution in [1.82, 2.24) is 10.0 Å². The van der Waals surface area contributed by atoms with E-state index in [2.05, 4.69) is 15.0 Å². The Labute approximate surface area is 166 Å². The molecule has 3 aliphatic rings. The first-order chi connectivity index (χ1) is 13.2. The fourth-order valence-electron chi connectivity index (χ4n) is 3.94. The van der Waals surface area contributed by atoms with Crippen LogP contribution in [0.2, 0.25) is 0 Å². The van der Waals surface area contributed by atoms with Gasteiger partial charge in [-0.2, -0.15) is 13.2 Å². The molecular formula is C19H24F4N4S. The molecule has 9 heteroatoms. The van der Waals surface area contributed by atoms with Crippen LogP contribution in [0.3, 0.4) is 0 Å². The predicted molar refractivity (Wildman–Crippen MR) is 104 cm³/mol. The second-order valence-corrected chi connectivity index (χ2v) is 8.89. The Balaban J connectivity index is 1.70. The highest BCUT2D eigenvalue weighted by atomic mass is 32.2. The highest BCUT2D eigenvalue weighted by Gasteiger charge is 2.48. The Kier molecular flexibility index (Phi) is 5.24. The Bertz CT molecular complexity index is 776. The lowest BCUT2D eigenvalue weighted by atomic mass is 9.95. The van der Waals surface area contributed by atoms with Crippen LogP contribution in [0.25, 0.3) is 0 Å². The smallest absolute Gasteiger partial charge is 0.358 e. The summed E-state index contributed by atoms with van der Waals surface area (Å²) in [7, 11) is 0. The maximum absolute atomic E-state index is 14.2. The van der Waals surface area contributed by atoms with Crippen molar-refractivity contribution in [2.24, 2.45) is 10.9 Å². The molecule has 0 aromatic heterocycles. The number of rotatable bonds is 4. The molecule has 1 aromatic rings. The lowest BCUT2D eigenvalue weighted by Crippen LogP contribution is -2.55. The molecule has 0 bridgehead atoms. The van der Waals surface area contributed by atoms with E-state index in [4.69, 9.17) is 0 Å². The highest BCUT2D eigenvalue weighted by molar-refractivity contribution is 7.98. The number of anilines is 1. The first-order valence-corrected chi connectivity index (χ1v) is 10.5. The zero-order valence-corrected chi connectivity index (χ0v) is 16.6. The van der Waals surface area contributed by atoms with E-state index in [1.165, 1.54) is 29.0 Å². The predicted octanol–water partition coefficient (Wildman–Crippen LogP) is 4.77. The van der Waals surface area contributed by atoms with E-state index in [1.807, 2.05) is 13.8 Å². The van der Waals surface area contributed by atoms with E-state index >= 15 is 0 Å². The number of hydrogen-bond donors (Lipinski definition) is 2. The molecule has 4 nitrogen and oxygen atoms in total. The van der Waals surface area contributed by atoms with Crippen LogP contribution in [-0.2, 0) is 0 Å². The van der Waals surface area contributed by atoms with Crippen molar-refractivity contribution >= 4 is 29.2 Å². The van der Waals surface area contributed by atoms with Gasteiger partial charge in [-0.15, -0.1) is 0 Å². The monoisotopic (exact) mass is 416 g/mol. The molecule has 2 aliphatic heterocycles. The maximum atomic E-state index is 14.2. The van der Waals surface area contributed by atoms with Gasteiger partial charge in [-0.3, -0.25) is 0 Å². The van der Waals surface area contributed by atoms with Crippen LogP contribution in [0.15, 0.2) is 22.0 Å². The average Bonchev–Trinajstić information content (AvgIpc) is 3.44. The summed E-state index contributed by atoms with van der Waals surface area (Å²) in [5.41, 5.74) is 0.698. The fraction of sp³-hybridized carbons (Fsp3) is 0.632. The van der Waals surface area contributed by atoms with Gasteiger partial charge in [0.1, 0.15) is 23.4 Å². The third-order valence-corrected chi connectivity index (χ3v) is 6.18. The zero-order valence-electron chi connectivity index (χ0n) is 15.8. The first-order valence-electron chi connectivity index (χ1n) is 9.66. The number of nitrogens with one attached hydrogen (secondary N) is 2. The lowest BCUT2D eigenvalue weighted by molar-refractivity contribution is -0.154. The number of amidine groups is 1. The van der Waals surface area contributed by atoms with Gasteiger partial charge in [-0.05, 0) is 49.8 Å². The molecule has 0 amide bonds. The Hall–Kier alpha value is -1.48. The normalized spacial score (nSPS) is 25.4. The van der Waals surface area contributed by atoms with E-state index in [9.17, 15) is 17.6 Å². The summed E-state index contributed by atoms with van der Waals surface area (Å²) < 4.78 is 59.1. The number of halogens is 4. The third kappa shape index (κ3) is 4.10. The van der Waals surface area contributed by atoms with Crippen LogP contribution in [0.4, 0.5) is 28.9 Å². The molecule has 1 saturated heterocycles. The van der Waals surface area contributed by atoms with Crippen LogP contribution in [-0.4, -0.2) is 36.7 Å². The molecule has 0 unspecified atom stereocenters. The minimum Gasteiger partial charge on any atom is -0.358 e. The standard InChI is InChI=1S/C19H24F4N4S/c1-10(2)24-13-5-6-27(16(9-13)19(21,22)23)14-7-12(20)8-15-17(14)25-18(26-28-15)11-3-4-11/h7-8,10-11,13,16,24H,3-6,9H2,1-2H3,(H,25,26)/t13-,16+/m0/s1. The molecule has 1 aliphatic carbocycles. The quantitative estimate of drug-likeness (QED) is 0.548. The summed E-state index contributed by atoms with van der Waals surface area (Å²) in [5.74, 6) is 0.569. The van der Waals surface area contributed by atoms with E-state index < -0.39 is 18.0 Å². The summed E-state index contributed by atoms with van der Waals surface area (Å²) in [6, 6.07) is 0.768. The van der Waals surface area contributed by atoms with Crippen molar-refractivity contribution < 1.29 is 17.6 Å². The van der Waals surface area contributed by atoms with Gasteiger partial charge in [0.15, 0.2) is 0 Å². The van der Waals surface area contributed by atoms with Crippen molar-refractivity contribution in [2.75, 3.05) is 11.4 Å². The van der Waals surface area contributed by atoms with Crippen LogP contribution in [0.1, 0.15) is 39.5 Å². The maximum Gasteiger partial charge on any atom is 0.408 e. The average molecular weight is 416 g/mol. The van der Waals surface area contributed by atoms with Gasteiger partial charge in [-0.25, -0.2) is 9.38 Å². The highest BCUT2D eigenvalue weighted by Crippen LogP contribution is 2.46. The summed E-state index contributed by atoms with van der Waals surface area (Å²) in [5, 5.41) is 3.22. The second kappa shape index (κ2) is 7.40. The van der Waals surface area contributed by atoms with Crippen molar-refractivity contribution in [3.8, 4) is 0 Å². The topological polar surface area (TPSA) is 39.7 Å². The molecule has 2 fully saturated rings. The van der Waals surface area contributed by atoms with Gasteiger partial charge in [0.05, 0.1) is 10.6 Å². The largest absolute Gasteiger partial charge is 0.408 e. The number of aliphatic imine (C=N–C) groups is 1. The molecule has 0 spiro atoms. The van der Waals surface area contributed by atoms with Gasteiger partial charge in [0.25, 0.3) is 0 Å². The SMILES string of the molecule is CC(C)N[C@H]1CCN(c2cc(F)cc3c2N=C(C2CC2)NS3)[C@@H](C(F)(F)F)C1. The number of hydrogen-bond acceptors (Lipinski definition) is 5. The minimum absolute atomic E-state index is 0.0580. The molecular weight excluding hydrogens is 392 g/mol. The second-order valence-electron chi connectivity index (χ2n) is 8.04. The number of alkyl halides is 3. The Morgan fingerprint density at radius 3 is 2.64 bits per heavy atom. The molecule has 2 heterocycles.